The molecule has 0 bridgehead atoms. The van der Waals surface area contributed by atoms with Gasteiger partial charge in [0.05, 0.1) is 13.2 Å². The van der Waals surface area contributed by atoms with Crippen LogP contribution in [0.4, 0.5) is 10.5 Å². The Hall–Kier alpha value is -3.09. The summed E-state index contributed by atoms with van der Waals surface area (Å²) in [4.78, 5) is 11.8. The van der Waals surface area contributed by atoms with Gasteiger partial charge in [0.1, 0.15) is 18.1 Å². The highest BCUT2D eigenvalue weighted by Gasteiger charge is 2.13. The van der Waals surface area contributed by atoms with E-state index in [-0.39, 0.29) is 12.8 Å². The van der Waals surface area contributed by atoms with Crippen LogP contribution in [-0.4, -0.2) is 32.6 Å². The van der Waals surface area contributed by atoms with E-state index >= 15 is 0 Å². The molecule has 0 aliphatic carbocycles. The Bertz CT molecular complexity index is 718. The highest BCUT2D eigenvalue weighted by Crippen LogP contribution is 2.34. The molecule has 2 N–H and O–H groups in total. The first kappa shape index (κ1) is 16.8. The van der Waals surface area contributed by atoms with Gasteiger partial charge < -0.3 is 29.6 Å². The van der Waals surface area contributed by atoms with E-state index in [1.54, 1.807) is 30.3 Å². The predicted octanol–water partition coefficient (Wildman–Crippen LogP) is 3.01. The molecule has 1 aliphatic rings. The molecule has 1 aliphatic heterocycles. The fourth-order valence-electron chi connectivity index (χ4n) is 2.28. The summed E-state index contributed by atoms with van der Waals surface area (Å²) < 4.78 is 21.5. The molecule has 132 valence electrons. The first-order chi connectivity index (χ1) is 12.2. The van der Waals surface area contributed by atoms with Crippen molar-refractivity contribution < 1.29 is 23.7 Å². The number of carbonyl (C=O) groups is 1. The lowest BCUT2D eigenvalue weighted by Crippen LogP contribution is -2.32. The molecule has 3 rings (SSSR count). The van der Waals surface area contributed by atoms with E-state index in [9.17, 15) is 4.79 Å². The van der Waals surface area contributed by atoms with Gasteiger partial charge in [-0.25, -0.2) is 4.79 Å². The molecule has 7 heteroatoms. The zero-order valence-corrected chi connectivity index (χ0v) is 13.9. The lowest BCUT2D eigenvalue weighted by atomic mass is 10.3. The van der Waals surface area contributed by atoms with Gasteiger partial charge in [0, 0.05) is 11.8 Å². The quantitative estimate of drug-likeness (QED) is 0.755. The highest BCUT2D eigenvalue weighted by molar-refractivity contribution is 5.89. The SMILES string of the molecule is CCOc1ccc(NC(=O)NCCOc2ccc3c(c2)OCO3)cc1. The average Bonchev–Trinajstić information content (AvgIpc) is 3.08. The van der Waals surface area contributed by atoms with Gasteiger partial charge in [0.15, 0.2) is 11.5 Å². The molecule has 25 heavy (non-hydrogen) atoms. The van der Waals surface area contributed by atoms with Gasteiger partial charge in [0.25, 0.3) is 0 Å². The third kappa shape index (κ3) is 4.69. The van der Waals surface area contributed by atoms with Crippen molar-refractivity contribution in [3.05, 3.63) is 42.5 Å². The van der Waals surface area contributed by atoms with Crippen LogP contribution in [0.5, 0.6) is 23.0 Å². The van der Waals surface area contributed by atoms with Crippen LogP contribution in [0.15, 0.2) is 42.5 Å². The van der Waals surface area contributed by atoms with Gasteiger partial charge in [-0.3, -0.25) is 0 Å². The third-order valence-electron chi connectivity index (χ3n) is 3.42. The molecule has 0 saturated heterocycles. The summed E-state index contributed by atoms with van der Waals surface area (Å²) in [6.07, 6.45) is 0. The minimum Gasteiger partial charge on any atom is -0.494 e. The standard InChI is InChI=1S/C18H20N2O5/c1-2-22-14-5-3-13(4-6-14)20-18(21)19-9-10-23-15-7-8-16-17(11-15)25-12-24-16/h3-8,11H,2,9-10,12H2,1H3,(H2,19,20,21). The van der Waals surface area contributed by atoms with Crippen molar-refractivity contribution in [3.63, 3.8) is 0 Å². The molecule has 2 amide bonds. The van der Waals surface area contributed by atoms with Crippen LogP contribution >= 0.6 is 0 Å². The monoisotopic (exact) mass is 344 g/mol. The number of anilines is 1. The maximum Gasteiger partial charge on any atom is 0.319 e. The molecule has 0 unspecified atom stereocenters. The highest BCUT2D eigenvalue weighted by atomic mass is 16.7. The van der Waals surface area contributed by atoms with Crippen LogP contribution in [0.1, 0.15) is 6.92 Å². The molecular weight excluding hydrogens is 324 g/mol. The number of amides is 2. The van der Waals surface area contributed by atoms with E-state index in [4.69, 9.17) is 18.9 Å². The minimum atomic E-state index is -0.293. The van der Waals surface area contributed by atoms with Gasteiger partial charge in [-0.2, -0.15) is 0 Å². The van der Waals surface area contributed by atoms with Crippen molar-refractivity contribution in [1.82, 2.24) is 5.32 Å². The van der Waals surface area contributed by atoms with E-state index < -0.39 is 0 Å². The van der Waals surface area contributed by atoms with Crippen LogP contribution < -0.4 is 29.6 Å². The summed E-state index contributed by atoms with van der Waals surface area (Å²) in [5.74, 6) is 2.81. The van der Waals surface area contributed by atoms with E-state index in [0.29, 0.717) is 42.7 Å². The summed E-state index contributed by atoms with van der Waals surface area (Å²) in [7, 11) is 0. The number of hydrogen-bond donors (Lipinski definition) is 2. The van der Waals surface area contributed by atoms with Gasteiger partial charge >= 0.3 is 6.03 Å². The normalized spacial score (nSPS) is 11.7. The number of benzene rings is 2. The minimum absolute atomic E-state index is 0.228. The maximum absolute atomic E-state index is 11.8. The van der Waals surface area contributed by atoms with E-state index in [0.717, 1.165) is 5.75 Å². The topological polar surface area (TPSA) is 78.1 Å². The first-order valence-electron chi connectivity index (χ1n) is 8.05. The number of hydrogen-bond acceptors (Lipinski definition) is 5. The van der Waals surface area contributed by atoms with E-state index in [1.165, 1.54) is 0 Å². The summed E-state index contributed by atoms with van der Waals surface area (Å²) in [6.45, 7) is 3.47. The zero-order chi connectivity index (χ0) is 17.5. The van der Waals surface area contributed by atoms with Crippen molar-refractivity contribution in [2.45, 2.75) is 6.92 Å². The molecule has 0 radical (unpaired) electrons. The van der Waals surface area contributed by atoms with E-state index in [1.807, 2.05) is 19.1 Å². The smallest absolute Gasteiger partial charge is 0.319 e. The fraction of sp³-hybridized carbons (Fsp3) is 0.278. The third-order valence-corrected chi connectivity index (χ3v) is 3.42. The van der Waals surface area contributed by atoms with Gasteiger partial charge in [-0.1, -0.05) is 0 Å². The molecule has 0 saturated carbocycles. The molecule has 0 spiro atoms. The Labute approximate surface area is 145 Å². The predicted molar refractivity (Wildman–Crippen MR) is 92.7 cm³/mol. The van der Waals surface area contributed by atoms with Crippen LogP contribution in [0.25, 0.3) is 0 Å². The molecular formula is C18H20N2O5. The average molecular weight is 344 g/mol. The van der Waals surface area contributed by atoms with Crippen molar-refractivity contribution in [3.8, 4) is 23.0 Å². The van der Waals surface area contributed by atoms with Crippen molar-refractivity contribution >= 4 is 11.7 Å². The second kappa shape index (κ2) is 8.14. The largest absolute Gasteiger partial charge is 0.494 e. The second-order valence-corrected chi connectivity index (χ2v) is 5.20. The second-order valence-electron chi connectivity index (χ2n) is 5.20. The van der Waals surface area contributed by atoms with Crippen molar-refractivity contribution in [1.29, 1.82) is 0 Å². The Kier molecular flexibility index (Phi) is 5.46. The number of rotatable bonds is 7. The van der Waals surface area contributed by atoms with Crippen LogP contribution in [0.2, 0.25) is 0 Å². The Morgan fingerprint density at radius 3 is 2.60 bits per heavy atom. The molecule has 0 fully saturated rings. The van der Waals surface area contributed by atoms with Crippen LogP contribution in [0, 0.1) is 0 Å². The summed E-state index contributed by atoms with van der Waals surface area (Å²) >= 11 is 0. The maximum atomic E-state index is 11.8. The first-order valence-corrected chi connectivity index (χ1v) is 8.05. The van der Waals surface area contributed by atoms with E-state index in [2.05, 4.69) is 10.6 Å². The number of carbonyl (C=O) groups excluding carboxylic acids is 1. The number of urea groups is 1. The molecule has 2 aromatic carbocycles. The number of fused-ring (bicyclic) bond motifs is 1. The number of nitrogens with one attached hydrogen (secondary N) is 2. The van der Waals surface area contributed by atoms with Gasteiger partial charge in [0.2, 0.25) is 6.79 Å². The molecule has 2 aromatic rings. The molecule has 1 heterocycles. The summed E-state index contributed by atoms with van der Waals surface area (Å²) in [5, 5.41) is 5.48. The van der Waals surface area contributed by atoms with Crippen LogP contribution in [0.3, 0.4) is 0 Å². The Morgan fingerprint density at radius 2 is 1.80 bits per heavy atom. The Balaban J connectivity index is 1.37. The lowest BCUT2D eigenvalue weighted by Gasteiger charge is -2.10. The Morgan fingerprint density at radius 1 is 1.04 bits per heavy atom. The molecule has 7 nitrogen and oxygen atoms in total. The van der Waals surface area contributed by atoms with Crippen LogP contribution in [-0.2, 0) is 0 Å². The van der Waals surface area contributed by atoms with Gasteiger partial charge in [-0.05, 0) is 43.3 Å². The van der Waals surface area contributed by atoms with Crippen molar-refractivity contribution in [2.24, 2.45) is 0 Å². The van der Waals surface area contributed by atoms with Gasteiger partial charge in [-0.15, -0.1) is 0 Å². The fourth-order valence-corrected chi connectivity index (χ4v) is 2.28. The number of ether oxygens (including phenoxy) is 4. The molecule has 0 aromatic heterocycles. The molecule has 0 atom stereocenters. The van der Waals surface area contributed by atoms with Crippen molar-refractivity contribution in [2.75, 3.05) is 31.9 Å². The zero-order valence-electron chi connectivity index (χ0n) is 13.9. The summed E-state index contributed by atoms with van der Waals surface area (Å²) in [6, 6.07) is 12.3. The summed E-state index contributed by atoms with van der Waals surface area (Å²) in [5.41, 5.74) is 0.692. The lowest BCUT2D eigenvalue weighted by molar-refractivity contribution is 0.173.